The van der Waals surface area contributed by atoms with Crippen LogP contribution in [0.15, 0.2) is 24.3 Å². The lowest BCUT2D eigenvalue weighted by atomic mass is 10.2. The van der Waals surface area contributed by atoms with Crippen LogP contribution in [0.1, 0.15) is 37.2 Å². The summed E-state index contributed by atoms with van der Waals surface area (Å²) in [4.78, 5) is 12.3. The van der Waals surface area contributed by atoms with Gasteiger partial charge in [-0.3, -0.25) is 0 Å². The number of ether oxygens (including phenoxy) is 2. The average molecular weight is 317 g/mol. The number of hydrogen-bond donors (Lipinski definition) is 1. The van der Waals surface area contributed by atoms with Gasteiger partial charge < -0.3 is 19.1 Å². The van der Waals surface area contributed by atoms with Crippen LogP contribution in [0.25, 0.3) is 10.9 Å². The first-order valence-electron chi connectivity index (χ1n) is 8.20. The van der Waals surface area contributed by atoms with Gasteiger partial charge in [-0.1, -0.05) is 12.1 Å². The highest BCUT2D eigenvalue weighted by Crippen LogP contribution is 2.36. The predicted octanol–water partition coefficient (Wildman–Crippen LogP) is 2.99. The fourth-order valence-corrected chi connectivity index (χ4v) is 2.74. The van der Waals surface area contributed by atoms with Gasteiger partial charge >= 0.3 is 5.97 Å². The molecule has 1 N–H and O–H groups in total. The van der Waals surface area contributed by atoms with E-state index in [2.05, 4.69) is 0 Å². The molecular weight excluding hydrogens is 294 g/mol. The number of carbonyl (C=O) groups is 1. The molecule has 23 heavy (non-hydrogen) atoms. The highest BCUT2D eigenvalue weighted by Gasteiger charge is 2.27. The van der Waals surface area contributed by atoms with Gasteiger partial charge in [0.05, 0.1) is 18.2 Å². The van der Waals surface area contributed by atoms with Gasteiger partial charge in [-0.15, -0.1) is 0 Å². The summed E-state index contributed by atoms with van der Waals surface area (Å²) in [6, 6.07) is 7.61. The third kappa shape index (κ3) is 3.50. The summed E-state index contributed by atoms with van der Waals surface area (Å²) in [5, 5.41) is 10.4. The summed E-state index contributed by atoms with van der Waals surface area (Å²) in [5.41, 5.74) is 1.48. The fourth-order valence-electron chi connectivity index (χ4n) is 2.74. The molecule has 0 spiro atoms. The van der Waals surface area contributed by atoms with Gasteiger partial charge in [0.15, 0.2) is 0 Å². The van der Waals surface area contributed by atoms with E-state index in [4.69, 9.17) is 9.47 Å². The zero-order valence-electron chi connectivity index (χ0n) is 13.6. The Morgan fingerprint density at radius 3 is 2.87 bits per heavy atom. The molecule has 0 aliphatic heterocycles. The molecule has 1 fully saturated rings. The Balaban J connectivity index is 2.05. The molecule has 0 radical (unpaired) electrons. The predicted molar refractivity (Wildman–Crippen MR) is 87.8 cm³/mol. The van der Waals surface area contributed by atoms with Crippen LogP contribution in [0.3, 0.4) is 0 Å². The van der Waals surface area contributed by atoms with Crippen molar-refractivity contribution < 1.29 is 19.4 Å². The Kier molecular flexibility index (Phi) is 4.57. The van der Waals surface area contributed by atoms with Crippen LogP contribution < -0.4 is 4.74 Å². The number of esters is 1. The van der Waals surface area contributed by atoms with E-state index in [1.165, 1.54) is 12.8 Å². The number of hydrogen-bond acceptors (Lipinski definition) is 4. The molecule has 1 aliphatic carbocycles. The molecule has 3 rings (SSSR count). The maximum Gasteiger partial charge on any atom is 0.354 e. The summed E-state index contributed by atoms with van der Waals surface area (Å²) in [6.45, 7) is 4.88. The second-order valence-corrected chi connectivity index (χ2v) is 6.16. The molecule has 0 amide bonds. The van der Waals surface area contributed by atoms with Crippen LogP contribution in [0, 0.1) is 5.92 Å². The van der Waals surface area contributed by atoms with Gasteiger partial charge in [-0.25, -0.2) is 4.79 Å². The Morgan fingerprint density at radius 2 is 2.22 bits per heavy atom. The van der Waals surface area contributed by atoms with Gasteiger partial charge in [0.1, 0.15) is 18.1 Å². The summed E-state index contributed by atoms with van der Waals surface area (Å²) in [5.74, 6) is 1.01. The maximum absolute atomic E-state index is 12.3. The molecular formula is C18H23NO4. The van der Waals surface area contributed by atoms with Crippen molar-refractivity contribution in [2.75, 3.05) is 13.2 Å². The number of para-hydroxylation sites is 1. The SMILES string of the molecule is CCOC(=O)c1cc2cccc(OC[C@@H](C)O)c2n1CC1CC1. The lowest BCUT2D eigenvalue weighted by Gasteiger charge is -2.14. The quantitative estimate of drug-likeness (QED) is 0.798. The van der Waals surface area contributed by atoms with Crippen molar-refractivity contribution in [1.82, 2.24) is 4.57 Å². The number of aliphatic hydroxyl groups is 1. The van der Waals surface area contributed by atoms with Crippen LogP contribution in [0.5, 0.6) is 5.75 Å². The summed E-state index contributed by atoms with van der Waals surface area (Å²) < 4.78 is 13.0. The standard InChI is InChI=1S/C18H23NO4/c1-3-22-18(21)15-9-14-5-4-6-16(23-11-12(2)20)17(14)19(15)10-13-7-8-13/h4-6,9,12-13,20H,3,7-8,10-11H2,1-2H3/t12-/m1/s1. The third-order valence-corrected chi connectivity index (χ3v) is 3.99. The second-order valence-electron chi connectivity index (χ2n) is 6.16. The molecule has 5 heteroatoms. The van der Waals surface area contributed by atoms with Crippen molar-refractivity contribution >= 4 is 16.9 Å². The molecule has 5 nitrogen and oxygen atoms in total. The van der Waals surface area contributed by atoms with Crippen LogP contribution in [0.4, 0.5) is 0 Å². The van der Waals surface area contributed by atoms with E-state index in [9.17, 15) is 9.90 Å². The zero-order valence-corrected chi connectivity index (χ0v) is 13.6. The second kappa shape index (κ2) is 6.62. The smallest absolute Gasteiger partial charge is 0.354 e. The highest BCUT2D eigenvalue weighted by atomic mass is 16.5. The first kappa shape index (κ1) is 15.9. The molecule has 1 aliphatic rings. The van der Waals surface area contributed by atoms with Gasteiger partial charge in [0.25, 0.3) is 0 Å². The number of benzene rings is 1. The monoisotopic (exact) mass is 317 g/mol. The number of rotatable bonds is 7. The number of aromatic nitrogens is 1. The first-order chi connectivity index (χ1) is 11.1. The molecule has 2 aromatic rings. The van der Waals surface area contributed by atoms with E-state index >= 15 is 0 Å². The van der Waals surface area contributed by atoms with Gasteiger partial charge in [-0.05, 0) is 44.7 Å². The van der Waals surface area contributed by atoms with E-state index in [0.717, 1.165) is 17.4 Å². The van der Waals surface area contributed by atoms with Crippen molar-refractivity contribution in [3.63, 3.8) is 0 Å². The summed E-state index contributed by atoms with van der Waals surface area (Å²) >= 11 is 0. The minimum absolute atomic E-state index is 0.225. The van der Waals surface area contributed by atoms with Crippen LogP contribution in [-0.2, 0) is 11.3 Å². The number of carbonyl (C=O) groups excluding carboxylic acids is 1. The van der Waals surface area contributed by atoms with Gasteiger partial charge in [0.2, 0.25) is 0 Å². The Labute approximate surface area is 135 Å². The van der Waals surface area contributed by atoms with Crippen LogP contribution in [0.2, 0.25) is 0 Å². The van der Waals surface area contributed by atoms with E-state index in [1.807, 2.05) is 35.8 Å². The van der Waals surface area contributed by atoms with E-state index in [0.29, 0.717) is 24.0 Å². The Morgan fingerprint density at radius 1 is 1.43 bits per heavy atom. The molecule has 1 aromatic heterocycles. The maximum atomic E-state index is 12.3. The van der Waals surface area contributed by atoms with E-state index in [-0.39, 0.29) is 12.6 Å². The molecule has 0 bridgehead atoms. The molecule has 124 valence electrons. The van der Waals surface area contributed by atoms with Gasteiger partial charge in [0, 0.05) is 11.9 Å². The Hall–Kier alpha value is -2.01. The lowest BCUT2D eigenvalue weighted by Crippen LogP contribution is -2.15. The zero-order chi connectivity index (χ0) is 16.4. The molecule has 1 heterocycles. The Bertz CT molecular complexity index is 700. The summed E-state index contributed by atoms with van der Waals surface area (Å²) in [6.07, 6.45) is 1.85. The van der Waals surface area contributed by atoms with Crippen LogP contribution in [-0.4, -0.2) is 35.0 Å². The molecule has 1 aromatic carbocycles. The topological polar surface area (TPSA) is 60.7 Å². The van der Waals surface area contributed by atoms with Crippen molar-refractivity contribution in [2.45, 2.75) is 39.3 Å². The van der Waals surface area contributed by atoms with Crippen molar-refractivity contribution in [1.29, 1.82) is 0 Å². The first-order valence-corrected chi connectivity index (χ1v) is 8.20. The van der Waals surface area contributed by atoms with E-state index < -0.39 is 6.10 Å². The number of aliphatic hydroxyl groups excluding tert-OH is 1. The van der Waals surface area contributed by atoms with E-state index in [1.54, 1.807) is 6.92 Å². The highest BCUT2D eigenvalue weighted by molar-refractivity contribution is 5.97. The minimum atomic E-state index is -0.540. The van der Waals surface area contributed by atoms with Crippen LogP contribution >= 0.6 is 0 Å². The molecule has 1 atom stereocenters. The van der Waals surface area contributed by atoms with Crippen molar-refractivity contribution in [3.05, 3.63) is 30.0 Å². The van der Waals surface area contributed by atoms with Crippen molar-refractivity contribution in [2.24, 2.45) is 5.92 Å². The lowest BCUT2D eigenvalue weighted by molar-refractivity contribution is 0.0514. The number of fused-ring (bicyclic) bond motifs is 1. The largest absolute Gasteiger partial charge is 0.489 e. The normalized spacial score (nSPS) is 15.6. The number of nitrogens with zero attached hydrogens (tertiary/aromatic N) is 1. The third-order valence-electron chi connectivity index (χ3n) is 3.99. The minimum Gasteiger partial charge on any atom is -0.489 e. The average Bonchev–Trinajstić information content (AvgIpc) is 3.25. The molecule has 0 saturated heterocycles. The molecule has 0 unspecified atom stereocenters. The van der Waals surface area contributed by atoms with Gasteiger partial charge in [-0.2, -0.15) is 0 Å². The fraction of sp³-hybridized carbons (Fsp3) is 0.500. The molecule has 1 saturated carbocycles. The summed E-state index contributed by atoms with van der Waals surface area (Å²) in [7, 11) is 0. The van der Waals surface area contributed by atoms with Crippen molar-refractivity contribution in [3.8, 4) is 5.75 Å².